The Morgan fingerprint density at radius 3 is 2.73 bits per heavy atom. The minimum atomic E-state index is -3.90. The molecule has 0 unspecified atom stereocenters. The molecule has 2 aromatic rings. The van der Waals surface area contributed by atoms with Gasteiger partial charge in [-0.15, -0.1) is 0 Å². The number of carbonyl (C=O) groups excluding carboxylic acids is 1. The molecule has 7 nitrogen and oxygen atoms in total. The van der Waals surface area contributed by atoms with E-state index in [1.54, 1.807) is 17.2 Å². The number of nitrogens with one attached hydrogen (secondary N) is 1. The van der Waals surface area contributed by atoms with Gasteiger partial charge in [0.1, 0.15) is 11.2 Å². The number of sulfonamides is 1. The van der Waals surface area contributed by atoms with E-state index in [1.807, 2.05) is 0 Å². The van der Waals surface area contributed by atoms with Crippen molar-refractivity contribution in [3.63, 3.8) is 0 Å². The van der Waals surface area contributed by atoms with Crippen LogP contribution >= 0.6 is 23.2 Å². The highest BCUT2D eigenvalue weighted by Gasteiger charge is 2.24. The van der Waals surface area contributed by atoms with Gasteiger partial charge in [-0.05, 0) is 12.1 Å². The van der Waals surface area contributed by atoms with E-state index >= 15 is 0 Å². The highest BCUT2D eigenvalue weighted by Crippen LogP contribution is 2.28. The Bertz CT molecular complexity index is 917. The number of hydrogen-bond acceptors (Lipinski definition) is 5. The second-order valence-electron chi connectivity index (χ2n) is 5.76. The summed E-state index contributed by atoms with van der Waals surface area (Å²) >= 11 is 11.9. The predicted octanol–water partition coefficient (Wildman–Crippen LogP) is 2.04. The first-order valence-corrected chi connectivity index (χ1v) is 10.1. The second kappa shape index (κ2) is 7.87. The van der Waals surface area contributed by atoms with Gasteiger partial charge in [-0.2, -0.15) is 0 Å². The third kappa shape index (κ3) is 4.15. The van der Waals surface area contributed by atoms with Crippen molar-refractivity contribution in [1.82, 2.24) is 19.6 Å². The number of aromatic nitrogens is 2. The lowest BCUT2D eigenvalue weighted by Gasteiger charge is -2.27. The van der Waals surface area contributed by atoms with Gasteiger partial charge >= 0.3 is 0 Å². The van der Waals surface area contributed by atoms with Crippen molar-refractivity contribution in [1.29, 1.82) is 0 Å². The van der Waals surface area contributed by atoms with E-state index in [9.17, 15) is 13.2 Å². The minimum absolute atomic E-state index is 0.0314. The van der Waals surface area contributed by atoms with E-state index in [4.69, 9.17) is 23.2 Å². The summed E-state index contributed by atoms with van der Waals surface area (Å²) in [5.74, 6) is -0.146. The molecule has 0 radical (unpaired) electrons. The maximum absolute atomic E-state index is 12.4. The van der Waals surface area contributed by atoms with Gasteiger partial charge in [0.05, 0.1) is 15.7 Å². The number of carbonyl (C=O) groups is 1. The molecule has 1 aliphatic rings. The van der Waals surface area contributed by atoms with Crippen LogP contribution < -0.4 is 4.72 Å². The normalized spacial score (nSPS) is 14.2. The van der Waals surface area contributed by atoms with E-state index in [1.165, 1.54) is 18.5 Å². The molecule has 26 heavy (non-hydrogen) atoms. The Balaban J connectivity index is 1.59. The van der Waals surface area contributed by atoms with Gasteiger partial charge in [0.15, 0.2) is 0 Å². The number of amides is 1. The highest BCUT2D eigenvalue weighted by molar-refractivity contribution is 7.89. The Kier molecular flexibility index (Phi) is 5.76. The Morgan fingerprint density at radius 1 is 1.27 bits per heavy atom. The maximum Gasteiger partial charge on any atom is 0.243 e. The van der Waals surface area contributed by atoms with Crippen LogP contribution in [-0.2, 0) is 27.8 Å². The second-order valence-corrected chi connectivity index (χ2v) is 8.28. The molecule has 0 saturated carbocycles. The van der Waals surface area contributed by atoms with Crippen LogP contribution in [0.25, 0.3) is 0 Å². The molecule has 1 aromatic heterocycles. The van der Waals surface area contributed by atoms with Crippen LogP contribution in [0.1, 0.15) is 17.7 Å². The van der Waals surface area contributed by atoms with Gasteiger partial charge in [-0.25, -0.2) is 23.1 Å². The number of halogens is 2. The number of benzene rings is 1. The van der Waals surface area contributed by atoms with Crippen molar-refractivity contribution in [2.75, 3.05) is 13.1 Å². The molecule has 1 amide bonds. The van der Waals surface area contributed by atoms with Crippen LogP contribution in [0.5, 0.6) is 0 Å². The number of hydrogen-bond donors (Lipinski definition) is 1. The quantitative estimate of drug-likeness (QED) is 0.807. The molecule has 1 aromatic carbocycles. The largest absolute Gasteiger partial charge is 0.338 e. The summed E-state index contributed by atoms with van der Waals surface area (Å²) in [6.07, 6.45) is 3.88. The molecule has 0 fully saturated rings. The van der Waals surface area contributed by atoms with E-state index in [2.05, 4.69) is 14.7 Å². The van der Waals surface area contributed by atoms with Gasteiger partial charge < -0.3 is 4.90 Å². The zero-order chi connectivity index (χ0) is 18.7. The van der Waals surface area contributed by atoms with Crippen LogP contribution in [0.4, 0.5) is 0 Å². The topological polar surface area (TPSA) is 92.3 Å². The maximum atomic E-state index is 12.4. The smallest absolute Gasteiger partial charge is 0.243 e. The molecule has 0 aliphatic carbocycles. The minimum Gasteiger partial charge on any atom is -0.338 e. The molecule has 1 aliphatic heterocycles. The predicted molar refractivity (Wildman–Crippen MR) is 97.4 cm³/mol. The summed E-state index contributed by atoms with van der Waals surface area (Å²) in [6.45, 7) is 0.932. The number of nitrogens with zero attached hydrogens (tertiary/aromatic N) is 3. The van der Waals surface area contributed by atoms with Gasteiger partial charge in [-0.1, -0.05) is 29.3 Å². The third-order valence-electron chi connectivity index (χ3n) is 4.03. The molecule has 3 rings (SSSR count). The molecular weight excluding hydrogens is 399 g/mol. The van der Waals surface area contributed by atoms with Crippen LogP contribution in [0.15, 0.2) is 35.6 Å². The summed E-state index contributed by atoms with van der Waals surface area (Å²) < 4.78 is 27.1. The van der Waals surface area contributed by atoms with Crippen molar-refractivity contribution < 1.29 is 13.2 Å². The standard InChI is InChI=1S/C16H16Cl2N4O3S/c17-12-2-1-3-13(18)16(12)26(24,25)21-6-4-15(23)22-7-5-14-11(9-22)8-19-10-20-14/h1-3,8,10,21H,4-7,9H2. The van der Waals surface area contributed by atoms with Gasteiger partial charge in [0.2, 0.25) is 15.9 Å². The fourth-order valence-electron chi connectivity index (χ4n) is 2.74. The molecule has 2 heterocycles. The van der Waals surface area contributed by atoms with Gasteiger partial charge in [-0.3, -0.25) is 4.79 Å². The van der Waals surface area contributed by atoms with Crippen LogP contribution in [0.2, 0.25) is 10.0 Å². The Morgan fingerprint density at radius 2 is 2.00 bits per heavy atom. The summed E-state index contributed by atoms with van der Waals surface area (Å²) in [6, 6.07) is 4.45. The molecule has 0 spiro atoms. The molecular formula is C16H16Cl2N4O3S. The first kappa shape index (κ1) is 19.0. The van der Waals surface area contributed by atoms with Crippen LogP contribution in [-0.4, -0.2) is 42.3 Å². The highest BCUT2D eigenvalue weighted by atomic mass is 35.5. The molecule has 0 bridgehead atoms. The van der Waals surface area contributed by atoms with Crippen molar-refractivity contribution in [3.05, 3.63) is 52.0 Å². The Labute approximate surface area is 161 Å². The van der Waals surface area contributed by atoms with E-state index in [0.29, 0.717) is 19.5 Å². The van der Waals surface area contributed by atoms with Gasteiger partial charge in [0, 0.05) is 44.2 Å². The van der Waals surface area contributed by atoms with Crippen molar-refractivity contribution in [3.8, 4) is 0 Å². The van der Waals surface area contributed by atoms with Crippen molar-refractivity contribution in [2.45, 2.75) is 24.3 Å². The third-order valence-corrected chi connectivity index (χ3v) is 6.45. The van der Waals surface area contributed by atoms with E-state index in [0.717, 1.165) is 11.3 Å². The van der Waals surface area contributed by atoms with E-state index in [-0.39, 0.29) is 33.8 Å². The fraction of sp³-hybridized carbons (Fsp3) is 0.312. The van der Waals surface area contributed by atoms with Crippen LogP contribution in [0.3, 0.4) is 0 Å². The first-order chi connectivity index (χ1) is 12.4. The zero-order valence-corrected chi connectivity index (χ0v) is 16.0. The summed E-state index contributed by atoms with van der Waals surface area (Å²) in [7, 11) is -3.90. The first-order valence-electron chi connectivity index (χ1n) is 7.87. The van der Waals surface area contributed by atoms with E-state index < -0.39 is 10.0 Å². The lowest BCUT2D eigenvalue weighted by molar-refractivity contribution is -0.131. The average molecular weight is 415 g/mol. The molecule has 1 N–H and O–H groups in total. The summed E-state index contributed by atoms with van der Waals surface area (Å²) in [5.41, 5.74) is 1.86. The van der Waals surface area contributed by atoms with Crippen LogP contribution in [0, 0.1) is 0 Å². The molecule has 0 atom stereocenters. The summed E-state index contributed by atoms with van der Waals surface area (Å²) in [5, 5.41) is 0.0629. The molecule has 10 heteroatoms. The van der Waals surface area contributed by atoms with Gasteiger partial charge in [0.25, 0.3) is 0 Å². The SMILES string of the molecule is O=C(CCNS(=O)(=O)c1c(Cl)cccc1Cl)N1CCc2ncncc2C1. The molecule has 0 saturated heterocycles. The lowest BCUT2D eigenvalue weighted by Crippen LogP contribution is -2.38. The number of fused-ring (bicyclic) bond motifs is 1. The average Bonchev–Trinajstić information content (AvgIpc) is 2.60. The fourth-order valence-corrected chi connectivity index (χ4v) is 4.91. The number of rotatable bonds is 5. The summed E-state index contributed by atoms with van der Waals surface area (Å²) in [4.78, 5) is 22.0. The Hall–Kier alpha value is -1.74. The van der Waals surface area contributed by atoms with Crippen molar-refractivity contribution >= 4 is 39.1 Å². The monoisotopic (exact) mass is 414 g/mol. The van der Waals surface area contributed by atoms with Crippen molar-refractivity contribution in [2.24, 2.45) is 0 Å². The zero-order valence-electron chi connectivity index (χ0n) is 13.7. The lowest BCUT2D eigenvalue weighted by atomic mass is 10.1. The molecule has 138 valence electrons.